The third-order valence-corrected chi connectivity index (χ3v) is 5.88. The summed E-state index contributed by atoms with van der Waals surface area (Å²) in [5, 5.41) is 11.8. The average molecular weight is 417 g/mol. The number of ether oxygens (including phenoxy) is 1. The van der Waals surface area contributed by atoms with Crippen LogP contribution < -0.4 is 9.64 Å². The lowest BCUT2D eigenvalue weighted by molar-refractivity contribution is -0.0275. The van der Waals surface area contributed by atoms with Gasteiger partial charge in [-0.15, -0.1) is 0 Å². The van der Waals surface area contributed by atoms with Crippen molar-refractivity contribution in [3.63, 3.8) is 0 Å². The molecule has 1 fully saturated rings. The zero-order chi connectivity index (χ0) is 20.9. The molecule has 1 saturated heterocycles. The van der Waals surface area contributed by atoms with Crippen molar-refractivity contribution < 1.29 is 9.84 Å². The maximum Gasteiger partial charge on any atom is 0.119 e. The molecule has 0 unspecified atom stereocenters. The summed E-state index contributed by atoms with van der Waals surface area (Å²) >= 11 is 6.09. The van der Waals surface area contributed by atoms with Crippen LogP contribution in [0.1, 0.15) is 38.7 Å². The van der Waals surface area contributed by atoms with E-state index in [1.54, 1.807) is 0 Å². The molecular formula is C24H33ClN2O2. The fourth-order valence-electron chi connectivity index (χ4n) is 3.83. The second kappa shape index (κ2) is 9.84. The van der Waals surface area contributed by atoms with E-state index in [0.29, 0.717) is 0 Å². The molecular weight excluding hydrogens is 384 g/mol. The van der Waals surface area contributed by atoms with E-state index in [1.807, 2.05) is 44.2 Å². The van der Waals surface area contributed by atoms with Gasteiger partial charge in [-0.1, -0.05) is 23.7 Å². The summed E-state index contributed by atoms with van der Waals surface area (Å²) in [6.45, 7) is 7.60. The maximum atomic E-state index is 11.0. The Kier molecular flexibility index (Phi) is 7.44. The molecule has 0 spiro atoms. The molecule has 5 heteroatoms. The molecule has 1 N–H and O–H groups in total. The van der Waals surface area contributed by atoms with E-state index in [1.165, 1.54) is 5.56 Å². The van der Waals surface area contributed by atoms with Gasteiger partial charge in [0.05, 0.1) is 11.7 Å². The third kappa shape index (κ3) is 6.63. The number of hydrogen-bond donors (Lipinski definition) is 1. The van der Waals surface area contributed by atoms with Gasteiger partial charge < -0.3 is 14.7 Å². The van der Waals surface area contributed by atoms with Crippen molar-refractivity contribution in [3.05, 3.63) is 59.1 Å². The highest BCUT2D eigenvalue weighted by Crippen LogP contribution is 2.28. The van der Waals surface area contributed by atoms with Gasteiger partial charge in [-0.25, -0.2) is 0 Å². The normalized spacial score (nSPS) is 16.8. The van der Waals surface area contributed by atoms with Crippen LogP contribution in [-0.2, 0) is 6.54 Å². The maximum absolute atomic E-state index is 11.0. The standard InChI is InChI=1S/C24H33ClN2O2/c1-19(2)29-23-9-7-22(8-10-23)26(3)14-11-24(28)12-15-27(16-13-24)18-20-5-4-6-21(25)17-20/h4-10,17,19,28H,11-16,18H2,1-3H3. The number of halogens is 1. The van der Waals surface area contributed by atoms with Gasteiger partial charge in [-0.05, 0) is 75.1 Å². The Morgan fingerprint density at radius 1 is 1.14 bits per heavy atom. The van der Waals surface area contributed by atoms with Gasteiger partial charge in [0.25, 0.3) is 0 Å². The Morgan fingerprint density at radius 3 is 2.45 bits per heavy atom. The minimum absolute atomic E-state index is 0.178. The van der Waals surface area contributed by atoms with Crippen LogP contribution >= 0.6 is 11.6 Å². The van der Waals surface area contributed by atoms with E-state index >= 15 is 0 Å². The molecule has 1 aliphatic heterocycles. The van der Waals surface area contributed by atoms with Crippen molar-refractivity contribution in [2.75, 3.05) is 31.6 Å². The molecule has 1 heterocycles. The van der Waals surface area contributed by atoms with Crippen molar-refractivity contribution in [1.82, 2.24) is 4.90 Å². The molecule has 0 amide bonds. The second-order valence-electron chi connectivity index (χ2n) is 8.46. The average Bonchev–Trinajstić information content (AvgIpc) is 2.68. The van der Waals surface area contributed by atoms with E-state index in [2.05, 4.69) is 35.0 Å². The van der Waals surface area contributed by atoms with Crippen LogP contribution in [-0.4, -0.2) is 48.4 Å². The van der Waals surface area contributed by atoms with Gasteiger partial charge in [0.15, 0.2) is 0 Å². The number of nitrogens with zero attached hydrogens (tertiary/aromatic N) is 2. The molecule has 2 aromatic rings. The monoisotopic (exact) mass is 416 g/mol. The minimum atomic E-state index is -0.584. The van der Waals surface area contributed by atoms with Crippen LogP contribution in [0.15, 0.2) is 48.5 Å². The minimum Gasteiger partial charge on any atom is -0.491 e. The molecule has 0 aromatic heterocycles. The van der Waals surface area contributed by atoms with Crippen LogP contribution in [0.2, 0.25) is 5.02 Å². The van der Waals surface area contributed by atoms with Gasteiger partial charge >= 0.3 is 0 Å². The van der Waals surface area contributed by atoms with Gasteiger partial charge in [0.2, 0.25) is 0 Å². The number of benzene rings is 2. The number of aliphatic hydroxyl groups is 1. The van der Waals surface area contributed by atoms with Crippen LogP contribution in [0.4, 0.5) is 5.69 Å². The SMILES string of the molecule is CC(C)Oc1ccc(N(C)CCC2(O)CCN(Cc3cccc(Cl)c3)CC2)cc1. The Labute approximate surface area is 180 Å². The zero-order valence-corrected chi connectivity index (χ0v) is 18.5. The molecule has 0 atom stereocenters. The third-order valence-electron chi connectivity index (χ3n) is 5.64. The molecule has 4 nitrogen and oxygen atoms in total. The van der Waals surface area contributed by atoms with Crippen LogP contribution in [0, 0.1) is 0 Å². The highest BCUT2D eigenvalue weighted by molar-refractivity contribution is 6.30. The summed E-state index contributed by atoms with van der Waals surface area (Å²) in [6, 6.07) is 16.2. The summed E-state index contributed by atoms with van der Waals surface area (Å²) in [7, 11) is 2.08. The summed E-state index contributed by atoms with van der Waals surface area (Å²) in [5.74, 6) is 0.892. The molecule has 0 saturated carbocycles. The number of likely N-dealkylation sites (tertiary alicyclic amines) is 1. The van der Waals surface area contributed by atoms with Crippen molar-refractivity contribution >= 4 is 17.3 Å². The molecule has 158 valence electrons. The van der Waals surface area contributed by atoms with Crippen molar-refractivity contribution in [2.45, 2.75) is 51.4 Å². The van der Waals surface area contributed by atoms with E-state index in [4.69, 9.17) is 16.3 Å². The highest BCUT2D eigenvalue weighted by Gasteiger charge is 2.32. The Bertz CT molecular complexity index is 771. The molecule has 1 aliphatic rings. The van der Waals surface area contributed by atoms with Crippen LogP contribution in [0.25, 0.3) is 0 Å². The largest absolute Gasteiger partial charge is 0.491 e. The first kappa shape index (κ1) is 21.9. The molecule has 0 aliphatic carbocycles. The summed E-state index contributed by atoms with van der Waals surface area (Å²) in [4.78, 5) is 4.60. The van der Waals surface area contributed by atoms with Crippen molar-refractivity contribution in [2.24, 2.45) is 0 Å². The Hall–Kier alpha value is -1.75. The lowest BCUT2D eigenvalue weighted by Crippen LogP contribution is -2.45. The number of rotatable bonds is 8. The van der Waals surface area contributed by atoms with Crippen molar-refractivity contribution in [3.8, 4) is 5.75 Å². The van der Waals surface area contributed by atoms with E-state index in [9.17, 15) is 5.11 Å². The second-order valence-corrected chi connectivity index (χ2v) is 8.90. The zero-order valence-electron chi connectivity index (χ0n) is 17.8. The Morgan fingerprint density at radius 2 is 1.83 bits per heavy atom. The van der Waals surface area contributed by atoms with E-state index < -0.39 is 5.60 Å². The summed E-state index contributed by atoms with van der Waals surface area (Å²) < 4.78 is 5.71. The molecule has 3 rings (SSSR count). The van der Waals surface area contributed by atoms with Crippen LogP contribution in [0.5, 0.6) is 5.75 Å². The fourth-order valence-corrected chi connectivity index (χ4v) is 4.04. The highest BCUT2D eigenvalue weighted by atomic mass is 35.5. The summed E-state index contributed by atoms with van der Waals surface area (Å²) in [5.41, 5.74) is 1.79. The topological polar surface area (TPSA) is 35.9 Å². The van der Waals surface area contributed by atoms with Gasteiger partial charge in [0, 0.05) is 43.9 Å². The van der Waals surface area contributed by atoms with Gasteiger partial charge in [0.1, 0.15) is 5.75 Å². The number of hydrogen-bond acceptors (Lipinski definition) is 4. The first-order chi connectivity index (χ1) is 13.8. The number of piperidine rings is 1. The fraction of sp³-hybridized carbons (Fsp3) is 0.500. The smallest absolute Gasteiger partial charge is 0.119 e. The predicted molar refractivity (Wildman–Crippen MR) is 121 cm³/mol. The van der Waals surface area contributed by atoms with Gasteiger partial charge in [-0.3, -0.25) is 4.90 Å². The van der Waals surface area contributed by atoms with Crippen molar-refractivity contribution in [1.29, 1.82) is 0 Å². The quantitative estimate of drug-likeness (QED) is 0.658. The lowest BCUT2D eigenvalue weighted by Gasteiger charge is -2.39. The summed E-state index contributed by atoms with van der Waals surface area (Å²) in [6.07, 6.45) is 2.57. The number of anilines is 1. The van der Waals surface area contributed by atoms with E-state index in [0.717, 1.165) is 61.9 Å². The molecule has 2 aromatic carbocycles. The lowest BCUT2D eigenvalue weighted by atomic mass is 9.88. The predicted octanol–water partition coefficient (Wildman–Crippen LogP) is 4.98. The molecule has 29 heavy (non-hydrogen) atoms. The first-order valence-electron chi connectivity index (χ1n) is 10.5. The van der Waals surface area contributed by atoms with E-state index in [-0.39, 0.29) is 6.10 Å². The first-order valence-corrected chi connectivity index (χ1v) is 10.9. The molecule has 0 bridgehead atoms. The Balaban J connectivity index is 1.46. The van der Waals surface area contributed by atoms with Crippen LogP contribution in [0.3, 0.4) is 0 Å². The molecule has 0 radical (unpaired) electrons. The van der Waals surface area contributed by atoms with Gasteiger partial charge in [-0.2, -0.15) is 0 Å².